The van der Waals surface area contributed by atoms with Crippen molar-refractivity contribution >= 4 is 69.9 Å². The van der Waals surface area contributed by atoms with Gasteiger partial charge in [0.25, 0.3) is 0 Å². The van der Waals surface area contributed by atoms with E-state index >= 15 is 0 Å². The second-order valence-corrected chi connectivity index (χ2v) is 7.04. The molecule has 0 saturated carbocycles. The van der Waals surface area contributed by atoms with E-state index in [0.29, 0.717) is 20.9 Å². The van der Waals surface area contributed by atoms with Gasteiger partial charge in [-0.3, -0.25) is 4.79 Å². The van der Waals surface area contributed by atoms with Crippen LogP contribution in [0.1, 0.15) is 0 Å². The minimum Gasteiger partial charge on any atom is -0.323 e. The zero-order valence-electron chi connectivity index (χ0n) is 10.2. The molecule has 1 amide bonds. The third kappa shape index (κ3) is 4.26. The number of hydrogen-bond acceptors (Lipinski definition) is 6. The van der Waals surface area contributed by atoms with Gasteiger partial charge in [0, 0.05) is 0 Å². The fourth-order valence-electron chi connectivity index (χ4n) is 1.26. The Morgan fingerprint density at radius 1 is 1.40 bits per heavy atom. The third-order valence-electron chi connectivity index (χ3n) is 2.13. The van der Waals surface area contributed by atoms with Gasteiger partial charge in [0.15, 0.2) is 4.34 Å². The van der Waals surface area contributed by atoms with E-state index in [4.69, 9.17) is 23.2 Å². The summed E-state index contributed by atoms with van der Waals surface area (Å²) in [6.45, 7) is 0. The predicted octanol–water partition coefficient (Wildman–Crippen LogP) is 4.30. The van der Waals surface area contributed by atoms with Gasteiger partial charge in [0.05, 0.1) is 21.5 Å². The van der Waals surface area contributed by atoms with Crippen LogP contribution in [0.2, 0.25) is 10.0 Å². The van der Waals surface area contributed by atoms with E-state index in [-0.39, 0.29) is 11.7 Å². The molecule has 1 heterocycles. The maximum absolute atomic E-state index is 11.9. The second kappa shape index (κ2) is 7.51. The normalized spacial score (nSPS) is 10.6. The minimum atomic E-state index is -0.189. The summed E-state index contributed by atoms with van der Waals surface area (Å²) in [5.41, 5.74) is 0.434. The Morgan fingerprint density at radius 2 is 2.10 bits per heavy atom. The maximum atomic E-state index is 11.9. The number of anilines is 1. The van der Waals surface area contributed by atoms with Gasteiger partial charge in [-0.25, -0.2) is 4.98 Å². The predicted molar refractivity (Wildman–Crippen MR) is 87.5 cm³/mol. The Labute approximate surface area is 138 Å². The van der Waals surface area contributed by atoms with Crippen molar-refractivity contribution in [3.63, 3.8) is 0 Å². The summed E-state index contributed by atoms with van der Waals surface area (Å²) >= 11 is 16.0. The van der Waals surface area contributed by atoms with Gasteiger partial charge >= 0.3 is 0 Å². The van der Waals surface area contributed by atoms with Crippen molar-refractivity contribution in [2.45, 2.75) is 9.50 Å². The van der Waals surface area contributed by atoms with Gasteiger partial charge in [-0.15, -0.1) is 0 Å². The molecule has 20 heavy (non-hydrogen) atoms. The number of amides is 1. The largest absolute Gasteiger partial charge is 0.323 e. The summed E-state index contributed by atoms with van der Waals surface area (Å²) in [4.78, 5) is 16.1. The molecule has 2 rings (SSSR count). The molecule has 0 atom stereocenters. The summed E-state index contributed by atoms with van der Waals surface area (Å²) < 4.78 is 4.88. The molecular weight excluding hydrogens is 357 g/mol. The molecule has 9 heteroatoms. The van der Waals surface area contributed by atoms with Crippen LogP contribution < -0.4 is 5.32 Å². The van der Waals surface area contributed by atoms with Crippen molar-refractivity contribution in [3.05, 3.63) is 28.2 Å². The van der Waals surface area contributed by atoms with Crippen molar-refractivity contribution < 1.29 is 4.79 Å². The molecule has 0 saturated heterocycles. The molecule has 1 aromatic heterocycles. The summed E-state index contributed by atoms with van der Waals surface area (Å²) in [5.74, 6) is 0.0378. The standard InChI is InChI=1S/C11H9Cl2N3OS3/c1-18-10-15-11(20-16-10)19-5-8(17)14-9-6(12)3-2-4-7(9)13/h2-4H,5H2,1H3,(H,14,17). The van der Waals surface area contributed by atoms with Crippen LogP contribution in [-0.4, -0.2) is 27.3 Å². The minimum absolute atomic E-state index is 0.189. The SMILES string of the molecule is CSc1nsc(SCC(=O)Nc2c(Cl)cccc2Cl)n1. The number of para-hydroxylation sites is 1. The molecule has 0 unspecified atom stereocenters. The number of nitrogens with one attached hydrogen (secondary N) is 1. The lowest BCUT2D eigenvalue weighted by atomic mass is 10.3. The first-order valence-electron chi connectivity index (χ1n) is 5.34. The van der Waals surface area contributed by atoms with Gasteiger partial charge in [-0.1, -0.05) is 52.8 Å². The highest BCUT2D eigenvalue weighted by Gasteiger charge is 2.11. The highest BCUT2D eigenvalue weighted by Crippen LogP contribution is 2.30. The summed E-state index contributed by atoms with van der Waals surface area (Å²) in [6.07, 6.45) is 1.91. The van der Waals surface area contributed by atoms with E-state index in [0.717, 1.165) is 4.34 Å². The van der Waals surface area contributed by atoms with Crippen LogP contribution in [0.3, 0.4) is 0 Å². The number of halogens is 2. The number of benzene rings is 1. The average Bonchev–Trinajstić information content (AvgIpc) is 2.89. The topological polar surface area (TPSA) is 54.9 Å². The Morgan fingerprint density at radius 3 is 2.70 bits per heavy atom. The van der Waals surface area contributed by atoms with E-state index in [9.17, 15) is 4.79 Å². The fraction of sp³-hybridized carbons (Fsp3) is 0.182. The van der Waals surface area contributed by atoms with Crippen LogP contribution in [-0.2, 0) is 4.79 Å². The van der Waals surface area contributed by atoms with Gasteiger partial charge in [0.1, 0.15) is 0 Å². The average molecular weight is 366 g/mol. The van der Waals surface area contributed by atoms with Crippen LogP contribution in [0.4, 0.5) is 5.69 Å². The number of thioether (sulfide) groups is 2. The molecule has 0 bridgehead atoms. The van der Waals surface area contributed by atoms with Gasteiger partial charge in [-0.05, 0) is 29.9 Å². The van der Waals surface area contributed by atoms with E-state index in [1.54, 1.807) is 18.2 Å². The molecule has 0 aliphatic rings. The second-order valence-electron chi connectivity index (χ2n) is 3.48. The number of rotatable bonds is 5. The Kier molecular flexibility index (Phi) is 5.98. The molecule has 2 aromatic rings. The van der Waals surface area contributed by atoms with Gasteiger partial charge in [0.2, 0.25) is 11.1 Å². The van der Waals surface area contributed by atoms with Crippen LogP contribution in [0.25, 0.3) is 0 Å². The number of aromatic nitrogens is 2. The molecule has 0 spiro atoms. The molecule has 0 aliphatic carbocycles. The molecule has 4 nitrogen and oxygen atoms in total. The molecule has 1 aromatic carbocycles. The molecule has 0 radical (unpaired) electrons. The van der Waals surface area contributed by atoms with Crippen molar-refractivity contribution in [1.29, 1.82) is 0 Å². The smallest absolute Gasteiger partial charge is 0.234 e. The monoisotopic (exact) mass is 365 g/mol. The van der Waals surface area contributed by atoms with Gasteiger partial charge < -0.3 is 5.32 Å². The van der Waals surface area contributed by atoms with Gasteiger partial charge in [-0.2, -0.15) is 4.37 Å². The van der Waals surface area contributed by atoms with Crippen molar-refractivity contribution in [1.82, 2.24) is 9.36 Å². The lowest BCUT2D eigenvalue weighted by Crippen LogP contribution is -2.14. The quantitative estimate of drug-likeness (QED) is 0.800. The molecular formula is C11H9Cl2N3OS3. The van der Waals surface area contributed by atoms with E-state index in [1.807, 2.05) is 6.26 Å². The van der Waals surface area contributed by atoms with Crippen LogP contribution in [0, 0.1) is 0 Å². The van der Waals surface area contributed by atoms with Crippen LogP contribution >= 0.6 is 58.3 Å². The third-order valence-corrected chi connectivity index (χ3v) is 5.25. The first kappa shape index (κ1) is 15.9. The van der Waals surface area contributed by atoms with Crippen molar-refractivity contribution in [3.8, 4) is 0 Å². The first-order valence-corrected chi connectivity index (χ1v) is 9.08. The lowest BCUT2D eigenvalue weighted by Gasteiger charge is -2.08. The molecule has 106 valence electrons. The van der Waals surface area contributed by atoms with E-state index in [1.165, 1.54) is 35.1 Å². The summed E-state index contributed by atoms with van der Waals surface area (Å²) in [6, 6.07) is 5.07. The highest BCUT2D eigenvalue weighted by atomic mass is 35.5. The highest BCUT2D eigenvalue weighted by molar-refractivity contribution is 8.01. The first-order chi connectivity index (χ1) is 9.60. The number of carbonyl (C=O) groups excluding carboxylic acids is 1. The molecule has 0 aliphatic heterocycles. The zero-order chi connectivity index (χ0) is 14.5. The van der Waals surface area contributed by atoms with Crippen LogP contribution in [0.15, 0.2) is 27.7 Å². The zero-order valence-corrected chi connectivity index (χ0v) is 14.2. The molecule has 0 fully saturated rings. The van der Waals surface area contributed by atoms with E-state index < -0.39 is 0 Å². The molecule has 1 N–H and O–H groups in total. The number of nitrogens with zero attached hydrogens (tertiary/aromatic N) is 2. The van der Waals surface area contributed by atoms with Crippen molar-refractivity contribution in [2.24, 2.45) is 0 Å². The summed E-state index contributed by atoms with van der Waals surface area (Å²) in [5, 5.41) is 4.24. The fourth-order valence-corrected chi connectivity index (χ4v) is 3.76. The number of carbonyl (C=O) groups is 1. The maximum Gasteiger partial charge on any atom is 0.234 e. The Bertz CT molecular complexity index is 600. The Hall–Kier alpha value is -0.470. The lowest BCUT2D eigenvalue weighted by molar-refractivity contribution is -0.113. The van der Waals surface area contributed by atoms with E-state index in [2.05, 4.69) is 14.7 Å². The Balaban J connectivity index is 1.92. The van der Waals surface area contributed by atoms with Crippen LogP contribution in [0.5, 0.6) is 0 Å². The van der Waals surface area contributed by atoms with Crippen molar-refractivity contribution in [2.75, 3.05) is 17.3 Å². The number of hydrogen-bond donors (Lipinski definition) is 1. The summed E-state index contributed by atoms with van der Waals surface area (Å²) in [7, 11) is 0.